The van der Waals surface area contributed by atoms with Crippen molar-refractivity contribution in [3.05, 3.63) is 71.7 Å². The molecular weight excluding hydrogens is 333 g/mol. The lowest BCUT2D eigenvalue weighted by Crippen LogP contribution is -2.24. The molecule has 2 N–H and O–H groups in total. The van der Waals surface area contributed by atoms with Crippen LogP contribution < -0.4 is 10.6 Å². The maximum absolute atomic E-state index is 12.9. The molecule has 0 fully saturated rings. The van der Waals surface area contributed by atoms with Crippen LogP contribution in [0, 0.1) is 11.3 Å². The molecule has 2 aromatic rings. The van der Waals surface area contributed by atoms with Crippen LogP contribution in [0.2, 0.25) is 0 Å². The highest BCUT2D eigenvalue weighted by Gasteiger charge is 2.33. The standard InChI is InChI=1S/C17H13F3N4O/c18-17(19,20)14-5-1-2-6-15(14)23-11-13(8-21)16(25)24-10-12-4-3-7-22-9-12/h1-7,9,11,23H,10H2,(H,24,25)/b13-11-. The van der Waals surface area contributed by atoms with Crippen LogP contribution in [0.25, 0.3) is 0 Å². The Labute approximate surface area is 141 Å². The Hall–Kier alpha value is -3.34. The Kier molecular flexibility index (Phi) is 5.74. The van der Waals surface area contributed by atoms with Crippen molar-refractivity contribution in [2.75, 3.05) is 5.32 Å². The van der Waals surface area contributed by atoms with Crippen LogP contribution in [-0.4, -0.2) is 10.9 Å². The van der Waals surface area contributed by atoms with E-state index in [0.717, 1.165) is 17.8 Å². The third-order valence-corrected chi connectivity index (χ3v) is 3.15. The molecule has 0 aliphatic heterocycles. The number of nitrogens with zero attached hydrogens (tertiary/aromatic N) is 2. The lowest BCUT2D eigenvalue weighted by atomic mass is 10.1. The van der Waals surface area contributed by atoms with Gasteiger partial charge in [0.15, 0.2) is 0 Å². The fourth-order valence-corrected chi connectivity index (χ4v) is 1.93. The number of para-hydroxylation sites is 1. The zero-order valence-electron chi connectivity index (χ0n) is 12.8. The van der Waals surface area contributed by atoms with Crippen molar-refractivity contribution in [2.24, 2.45) is 0 Å². The summed E-state index contributed by atoms with van der Waals surface area (Å²) in [6.07, 6.45) is -0.474. The smallest absolute Gasteiger partial charge is 0.360 e. The number of rotatable bonds is 5. The molecule has 5 nitrogen and oxygen atoms in total. The largest absolute Gasteiger partial charge is 0.418 e. The van der Waals surface area contributed by atoms with Crippen molar-refractivity contribution in [3.8, 4) is 6.07 Å². The lowest BCUT2D eigenvalue weighted by Gasteiger charge is -2.12. The third kappa shape index (κ3) is 5.07. The Morgan fingerprint density at radius 1 is 1.24 bits per heavy atom. The highest BCUT2D eigenvalue weighted by molar-refractivity contribution is 5.97. The molecule has 1 aromatic heterocycles. The predicted octanol–water partition coefficient (Wildman–Crippen LogP) is 3.24. The predicted molar refractivity (Wildman–Crippen MR) is 84.8 cm³/mol. The number of alkyl halides is 3. The zero-order chi connectivity index (χ0) is 18.3. The van der Waals surface area contributed by atoms with Crippen molar-refractivity contribution in [1.29, 1.82) is 5.26 Å². The lowest BCUT2D eigenvalue weighted by molar-refractivity contribution is -0.136. The summed E-state index contributed by atoms with van der Waals surface area (Å²) in [7, 11) is 0. The summed E-state index contributed by atoms with van der Waals surface area (Å²) < 4.78 is 38.7. The van der Waals surface area contributed by atoms with Crippen molar-refractivity contribution in [2.45, 2.75) is 12.7 Å². The summed E-state index contributed by atoms with van der Waals surface area (Å²) in [5.41, 5.74) is -0.758. The molecular formula is C17H13F3N4O. The van der Waals surface area contributed by atoms with E-state index in [1.807, 2.05) is 0 Å². The van der Waals surface area contributed by atoms with Gasteiger partial charge in [0.25, 0.3) is 5.91 Å². The van der Waals surface area contributed by atoms with Gasteiger partial charge in [0, 0.05) is 25.1 Å². The molecule has 2 rings (SSSR count). The van der Waals surface area contributed by atoms with Gasteiger partial charge < -0.3 is 10.6 Å². The monoisotopic (exact) mass is 346 g/mol. The quantitative estimate of drug-likeness (QED) is 0.644. The molecule has 0 saturated heterocycles. The second-order valence-electron chi connectivity index (χ2n) is 4.90. The number of amides is 1. The highest BCUT2D eigenvalue weighted by atomic mass is 19.4. The molecule has 0 bridgehead atoms. The summed E-state index contributed by atoms with van der Waals surface area (Å²) in [6.45, 7) is 0.144. The van der Waals surface area contributed by atoms with Crippen molar-refractivity contribution in [3.63, 3.8) is 0 Å². The third-order valence-electron chi connectivity index (χ3n) is 3.15. The van der Waals surface area contributed by atoms with E-state index in [-0.39, 0.29) is 17.8 Å². The fraction of sp³-hybridized carbons (Fsp3) is 0.118. The summed E-state index contributed by atoms with van der Waals surface area (Å²) in [6, 6.07) is 9.87. The van der Waals surface area contributed by atoms with Crippen LogP contribution in [0.4, 0.5) is 18.9 Å². The van der Waals surface area contributed by atoms with Crippen LogP contribution in [0.1, 0.15) is 11.1 Å². The molecule has 1 amide bonds. The van der Waals surface area contributed by atoms with Gasteiger partial charge in [0.05, 0.1) is 11.3 Å². The van der Waals surface area contributed by atoms with Crippen molar-refractivity contribution >= 4 is 11.6 Å². The summed E-state index contributed by atoms with van der Waals surface area (Å²) >= 11 is 0. The van der Waals surface area contributed by atoms with Gasteiger partial charge in [-0.3, -0.25) is 9.78 Å². The summed E-state index contributed by atoms with van der Waals surface area (Å²) in [5, 5.41) is 13.9. The number of carbonyl (C=O) groups is 1. The normalized spacial score (nSPS) is 11.5. The van der Waals surface area contributed by atoms with Crippen LogP contribution >= 0.6 is 0 Å². The Morgan fingerprint density at radius 3 is 2.64 bits per heavy atom. The SMILES string of the molecule is N#C/C(=C/Nc1ccccc1C(F)(F)F)C(=O)NCc1cccnc1. The average molecular weight is 346 g/mol. The van der Waals surface area contributed by atoms with Gasteiger partial charge in [-0.25, -0.2) is 0 Å². The molecule has 0 aliphatic carbocycles. The van der Waals surface area contributed by atoms with Crippen molar-refractivity contribution in [1.82, 2.24) is 10.3 Å². The van der Waals surface area contributed by atoms with E-state index in [9.17, 15) is 18.0 Å². The van der Waals surface area contributed by atoms with Gasteiger partial charge in [-0.2, -0.15) is 18.4 Å². The maximum atomic E-state index is 12.9. The number of nitrogens with one attached hydrogen (secondary N) is 2. The van der Waals surface area contributed by atoms with Gasteiger partial charge in [-0.05, 0) is 23.8 Å². The molecule has 0 spiro atoms. The average Bonchev–Trinajstić information content (AvgIpc) is 2.61. The number of pyridine rings is 1. The first kappa shape index (κ1) is 18.0. The highest BCUT2D eigenvalue weighted by Crippen LogP contribution is 2.34. The molecule has 8 heteroatoms. The van der Waals surface area contributed by atoms with E-state index in [1.54, 1.807) is 30.6 Å². The number of carbonyl (C=O) groups excluding carboxylic acids is 1. The van der Waals surface area contributed by atoms with Crippen LogP contribution in [0.3, 0.4) is 0 Å². The van der Waals surface area contributed by atoms with Gasteiger partial charge in [0.1, 0.15) is 11.6 Å². The number of anilines is 1. The molecule has 1 aromatic carbocycles. The van der Waals surface area contributed by atoms with E-state index in [0.29, 0.717) is 0 Å². The van der Waals surface area contributed by atoms with Crippen molar-refractivity contribution < 1.29 is 18.0 Å². The zero-order valence-corrected chi connectivity index (χ0v) is 12.8. The van der Waals surface area contributed by atoms with Gasteiger partial charge >= 0.3 is 6.18 Å². The number of nitriles is 1. The Bertz CT molecular complexity index is 811. The first-order valence-electron chi connectivity index (χ1n) is 7.12. The topological polar surface area (TPSA) is 77.8 Å². The number of hydrogen-bond donors (Lipinski definition) is 2. The Balaban J connectivity index is 2.08. The van der Waals surface area contributed by atoms with Gasteiger partial charge in [0.2, 0.25) is 0 Å². The minimum Gasteiger partial charge on any atom is -0.360 e. The van der Waals surface area contributed by atoms with Gasteiger partial charge in [-0.1, -0.05) is 18.2 Å². The number of halogens is 3. The number of benzene rings is 1. The minimum atomic E-state index is -4.55. The maximum Gasteiger partial charge on any atom is 0.418 e. The van der Waals surface area contributed by atoms with Gasteiger partial charge in [-0.15, -0.1) is 0 Å². The van der Waals surface area contributed by atoms with Crippen LogP contribution in [-0.2, 0) is 17.5 Å². The van der Waals surface area contributed by atoms with E-state index in [2.05, 4.69) is 15.6 Å². The number of aromatic nitrogens is 1. The molecule has 0 radical (unpaired) electrons. The summed E-state index contributed by atoms with van der Waals surface area (Å²) in [4.78, 5) is 15.9. The Morgan fingerprint density at radius 2 is 2.00 bits per heavy atom. The molecule has 128 valence electrons. The molecule has 25 heavy (non-hydrogen) atoms. The van der Waals surface area contributed by atoms with E-state index < -0.39 is 17.6 Å². The molecule has 0 unspecified atom stereocenters. The second kappa shape index (κ2) is 7.97. The molecule has 1 heterocycles. The first-order valence-corrected chi connectivity index (χ1v) is 7.12. The van der Waals surface area contributed by atoms with Crippen LogP contribution in [0.5, 0.6) is 0 Å². The van der Waals surface area contributed by atoms with E-state index in [4.69, 9.17) is 5.26 Å². The van der Waals surface area contributed by atoms with E-state index >= 15 is 0 Å². The summed E-state index contributed by atoms with van der Waals surface area (Å²) in [5.74, 6) is -0.705. The second-order valence-corrected chi connectivity index (χ2v) is 4.90. The first-order chi connectivity index (χ1) is 11.9. The van der Waals surface area contributed by atoms with Crippen LogP contribution in [0.15, 0.2) is 60.6 Å². The molecule has 0 atom stereocenters. The minimum absolute atomic E-state index is 0.144. The fourth-order valence-electron chi connectivity index (χ4n) is 1.93. The molecule has 0 aliphatic rings. The molecule has 0 saturated carbocycles. The number of hydrogen-bond acceptors (Lipinski definition) is 4. The van der Waals surface area contributed by atoms with E-state index in [1.165, 1.54) is 18.2 Å².